The maximum absolute atomic E-state index is 10.9. The summed E-state index contributed by atoms with van der Waals surface area (Å²) >= 11 is 0. The highest BCUT2D eigenvalue weighted by atomic mass is 16.4. The van der Waals surface area contributed by atoms with Gasteiger partial charge in [-0.15, -0.1) is 0 Å². The van der Waals surface area contributed by atoms with Gasteiger partial charge in [0.15, 0.2) is 11.5 Å². The van der Waals surface area contributed by atoms with Crippen molar-refractivity contribution in [1.82, 2.24) is 0 Å². The summed E-state index contributed by atoms with van der Waals surface area (Å²) in [6, 6.07) is 10.8. The summed E-state index contributed by atoms with van der Waals surface area (Å²) in [5.41, 5.74) is 7.20. The van der Waals surface area contributed by atoms with Crippen LogP contribution in [0.15, 0.2) is 42.5 Å². The predicted molar refractivity (Wildman–Crippen MR) is 74.5 cm³/mol. The van der Waals surface area contributed by atoms with Gasteiger partial charge in [0.1, 0.15) is 6.04 Å². The number of carboxylic acid groups (broad SMARTS) is 1. The average Bonchev–Trinajstić information content (AvgIpc) is 2.44. The first kappa shape index (κ1) is 13.9. The van der Waals surface area contributed by atoms with Crippen LogP contribution in [-0.4, -0.2) is 27.3 Å². The zero-order valence-electron chi connectivity index (χ0n) is 10.7. The zero-order chi connectivity index (χ0) is 14.7. The van der Waals surface area contributed by atoms with E-state index in [-0.39, 0.29) is 17.9 Å². The Morgan fingerprint density at radius 1 is 1.10 bits per heavy atom. The van der Waals surface area contributed by atoms with E-state index in [9.17, 15) is 15.0 Å². The molecule has 1 atom stereocenters. The van der Waals surface area contributed by atoms with Gasteiger partial charge >= 0.3 is 5.97 Å². The minimum absolute atomic E-state index is 0.0629. The number of phenols is 2. The largest absolute Gasteiger partial charge is 0.504 e. The van der Waals surface area contributed by atoms with Gasteiger partial charge in [0.2, 0.25) is 0 Å². The van der Waals surface area contributed by atoms with Gasteiger partial charge in [0, 0.05) is 5.56 Å². The molecule has 0 heterocycles. The van der Waals surface area contributed by atoms with Gasteiger partial charge in [0.25, 0.3) is 0 Å². The van der Waals surface area contributed by atoms with Gasteiger partial charge < -0.3 is 21.1 Å². The second-order valence-electron chi connectivity index (χ2n) is 4.48. The molecule has 0 spiro atoms. The lowest BCUT2D eigenvalue weighted by atomic mass is 9.94. The molecule has 0 bridgehead atoms. The lowest BCUT2D eigenvalue weighted by Gasteiger charge is -2.14. The highest BCUT2D eigenvalue weighted by molar-refractivity contribution is 5.79. The van der Waals surface area contributed by atoms with Gasteiger partial charge in [-0.2, -0.15) is 0 Å². The summed E-state index contributed by atoms with van der Waals surface area (Å²) in [6.07, 6.45) is 0.0629. The monoisotopic (exact) mass is 273 g/mol. The lowest BCUT2D eigenvalue weighted by Crippen LogP contribution is -2.32. The summed E-state index contributed by atoms with van der Waals surface area (Å²) in [4.78, 5) is 10.9. The standard InChI is InChI=1S/C15H15NO4/c16-11(15(19)20)8-10-6-7-12(17)14(18)13(10)9-4-2-1-3-5-9/h1-7,11,17-18H,8,16H2,(H,19,20)/t11-/m0/s1. The first-order valence-corrected chi connectivity index (χ1v) is 6.08. The molecule has 2 aromatic carbocycles. The van der Waals surface area contributed by atoms with Crippen LogP contribution in [-0.2, 0) is 11.2 Å². The molecule has 0 saturated carbocycles. The number of hydrogen-bond acceptors (Lipinski definition) is 4. The van der Waals surface area contributed by atoms with Crippen molar-refractivity contribution in [2.75, 3.05) is 0 Å². The molecule has 0 aliphatic carbocycles. The summed E-state index contributed by atoms with van der Waals surface area (Å²) in [6.45, 7) is 0. The second kappa shape index (κ2) is 5.63. The Hall–Kier alpha value is -2.53. The van der Waals surface area contributed by atoms with Gasteiger partial charge in [-0.3, -0.25) is 4.79 Å². The fourth-order valence-corrected chi connectivity index (χ4v) is 2.04. The average molecular weight is 273 g/mol. The van der Waals surface area contributed by atoms with Crippen molar-refractivity contribution in [3.63, 3.8) is 0 Å². The fraction of sp³-hybridized carbons (Fsp3) is 0.133. The van der Waals surface area contributed by atoms with Gasteiger partial charge in [-0.05, 0) is 23.6 Å². The predicted octanol–water partition coefficient (Wildman–Crippen LogP) is 1.72. The number of phenolic OH excluding ortho intramolecular Hbond substituents is 2. The zero-order valence-corrected chi connectivity index (χ0v) is 10.7. The number of rotatable bonds is 4. The van der Waals surface area contributed by atoms with Crippen LogP contribution < -0.4 is 5.73 Å². The van der Waals surface area contributed by atoms with Crippen molar-refractivity contribution in [1.29, 1.82) is 0 Å². The normalized spacial score (nSPS) is 12.1. The van der Waals surface area contributed by atoms with Crippen molar-refractivity contribution in [2.45, 2.75) is 12.5 Å². The summed E-state index contributed by atoms with van der Waals surface area (Å²) < 4.78 is 0. The van der Waals surface area contributed by atoms with Crippen LogP contribution in [0.1, 0.15) is 5.56 Å². The number of benzene rings is 2. The number of aromatic hydroxyl groups is 2. The summed E-state index contributed by atoms with van der Waals surface area (Å²) in [7, 11) is 0. The molecule has 0 unspecified atom stereocenters. The van der Waals surface area contributed by atoms with Crippen LogP contribution >= 0.6 is 0 Å². The lowest BCUT2D eigenvalue weighted by molar-refractivity contribution is -0.138. The van der Waals surface area contributed by atoms with Crippen LogP contribution in [0.2, 0.25) is 0 Å². The Morgan fingerprint density at radius 2 is 1.75 bits per heavy atom. The van der Waals surface area contributed by atoms with E-state index in [1.54, 1.807) is 30.3 Å². The van der Waals surface area contributed by atoms with Crippen molar-refractivity contribution >= 4 is 5.97 Å². The number of carboxylic acids is 1. The van der Waals surface area contributed by atoms with E-state index in [1.807, 2.05) is 6.07 Å². The number of carbonyl (C=O) groups is 1. The Bertz CT molecular complexity index is 625. The maximum atomic E-state index is 10.9. The third kappa shape index (κ3) is 2.73. The smallest absolute Gasteiger partial charge is 0.320 e. The fourth-order valence-electron chi connectivity index (χ4n) is 2.04. The molecule has 0 radical (unpaired) electrons. The molecule has 5 heteroatoms. The molecular weight excluding hydrogens is 258 g/mol. The third-order valence-corrected chi connectivity index (χ3v) is 3.06. The maximum Gasteiger partial charge on any atom is 0.320 e. The Labute approximate surface area is 115 Å². The molecular formula is C15H15NO4. The van der Waals surface area contributed by atoms with Crippen molar-refractivity contribution < 1.29 is 20.1 Å². The molecule has 0 aliphatic rings. The van der Waals surface area contributed by atoms with Crippen LogP contribution in [0.5, 0.6) is 11.5 Å². The number of aliphatic carboxylic acids is 1. The Kier molecular flexibility index (Phi) is 3.91. The molecule has 104 valence electrons. The Balaban J connectivity index is 2.53. The van der Waals surface area contributed by atoms with E-state index in [1.165, 1.54) is 6.07 Å². The highest BCUT2D eigenvalue weighted by Crippen LogP contribution is 2.39. The number of nitrogens with two attached hydrogens (primary N) is 1. The van der Waals surface area contributed by atoms with Crippen LogP contribution in [0.4, 0.5) is 0 Å². The topological polar surface area (TPSA) is 104 Å². The van der Waals surface area contributed by atoms with E-state index >= 15 is 0 Å². The molecule has 5 nitrogen and oxygen atoms in total. The molecule has 20 heavy (non-hydrogen) atoms. The first-order valence-electron chi connectivity index (χ1n) is 6.08. The van der Waals surface area contributed by atoms with Gasteiger partial charge in [-0.25, -0.2) is 0 Å². The SMILES string of the molecule is N[C@@H](Cc1ccc(O)c(O)c1-c1ccccc1)C(=O)O. The van der Waals surface area contributed by atoms with Gasteiger partial charge in [0.05, 0.1) is 0 Å². The molecule has 2 aromatic rings. The van der Waals surface area contributed by atoms with Crippen molar-refractivity contribution in [2.24, 2.45) is 5.73 Å². The van der Waals surface area contributed by atoms with E-state index in [4.69, 9.17) is 10.8 Å². The summed E-state index contributed by atoms with van der Waals surface area (Å²) in [5, 5.41) is 28.6. The molecule has 2 rings (SSSR count). The number of hydrogen-bond donors (Lipinski definition) is 4. The highest BCUT2D eigenvalue weighted by Gasteiger charge is 2.19. The first-order chi connectivity index (χ1) is 9.50. The van der Waals surface area contributed by atoms with Crippen LogP contribution in [0.25, 0.3) is 11.1 Å². The molecule has 5 N–H and O–H groups in total. The quantitative estimate of drug-likeness (QED) is 0.635. The van der Waals surface area contributed by atoms with E-state index in [0.29, 0.717) is 16.7 Å². The van der Waals surface area contributed by atoms with Crippen LogP contribution in [0.3, 0.4) is 0 Å². The van der Waals surface area contributed by atoms with Gasteiger partial charge in [-0.1, -0.05) is 36.4 Å². The Morgan fingerprint density at radius 3 is 2.35 bits per heavy atom. The second-order valence-corrected chi connectivity index (χ2v) is 4.48. The molecule has 0 aromatic heterocycles. The third-order valence-electron chi connectivity index (χ3n) is 3.06. The minimum Gasteiger partial charge on any atom is -0.504 e. The van der Waals surface area contributed by atoms with E-state index in [2.05, 4.69) is 0 Å². The molecule has 0 amide bonds. The molecule has 0 aliphatic heterocycles. The van der Waals surface area contributed by atoms with Crippen molar-refractivity contribution in [3.05, 3.63) is 48.0 Å². The van der Waals surface area contributed by atoms with E-state index in [0.717, 1.165) is 0 Å². The summed E-state index contributed by atoms with van der Waals surface area (Å²) in [5.74, 6) is -1.64. The minimum atomic E-state index is -1.11. The van der Waals surface area contributed by atoms with Crippen LogP contribution in [0, 0.1) is 0 Å². The van der Waals surface area contributed by atoms with E-state index < -0.39 is 12.0 Å². The molecule has 0 saturated heterocycles. The van der Waals surface area contributed by atoms with Crippen molar-refractivity contribution in [3.8, 4) is 22.6 Å². The molecule has 0 fully saturated rings.